The Morgan fingerprint density at radius 3 is 2.57 bits per heavy atom. The number of hydrogen-bond acceptors (Lipinski definition) is 8. The van der Waals surface area contributed by atoms with Crippen molar-refractivity contribution in [3.63, 3.8) is 0 Å². The summed E-state index contributed by atoms with van der Waals surface area (Å²) in [5.41, 5.74) is 0.449. The summed E-state index contributed by atoms with van der Waals surface area (Å²) in [5.74, 6) is -0.360. The lowest BCUT2D eigenvalue weighted by atomic mass is 10.1. The van der Waals surface area contributed by atoms with Crippen LogP contribution in [0.25, 0.3) is 0 Å². The van der Waals surface area contributed by atoms with Gasteiger partial charge in [-0.3, -0.25) is 19.7 Å². The van der Waals surface area contributed by atoms with Crippen LogP contribution in [-0.4, -0.2) is 34.3 Å². The molecule has 0 saturated carbocycles. The van der Waals surface area contributed by atoms with Gasteiger partial charge in [0.05, 0.1) is 17.1 Å². The van der Waals surface area contributed by atoms with E-state index in [4.69, 9.17) is 14.2 Å². The molecule has 2 aromatic carbocycles. The molecule has 2 aromatic rings. The summed E-state index contributed by atoms with van der Waals surface area (Å²) >= 11 is 0. The number of hydrazone groups is 1. The Labute approximate surface area is 171 Å². The minimum absolute atomic E-state index is 0.0729. The van der Waals surface area contributed by atoms with Crippen molar-refractivity contribution >= 4 is 23.5 Å². The minimum Gasteiger partial charge on any atom is -0.490 e. The van der Waals surface area contributed by atoms with Crippen molar-refractivity contribution in [3.05, 3.63) is 63.7 Å². The predicted molar refractivity (Wildman–Crippen MR) is 105 cm³/mol. The number of ether oxygens (including phenoxy) is 3. The molecule has 0 aromatic heterocycles. The van der Waals surface area contributed by atoms with E-state index in [0.717, 1.165) is 5.01 Å². The second-order valence-corrected chi connectivity index (χ2v) is 6.24. The standard InChI is InChI=1S/C20H19N3O7/c1-4-28-18-11-14(9-10-17(18)29-13(3)25)19-21-22(12(2)24)20(30-19)15-7-5-6-8-16(15)23(26)27/h5-11,20H,4H2,1-3H3. The first kappa shape index (κ1) is 20.8. The highest BCUT2D eigenvalue weighted by molar-refractivity contribution is 5.97. The van der Waals surface area contributed by atoms with Crippen molar-refractivity contribution < 1.29 is 28.7 Å². The number of carbonyl (C=O) groups excluding carboxylic acids is 2. The maximum absolute atomic E-state index is 12.1. The Hall–Kier alpha value is -3.95. The van der Waals surface area contributed by atoms with Crippen LogP contribution in [0.3, 0.4) is 0 Å². The number of nitro benzene ring substituents is 1. The molecule has 10 nitrogen and oxygen atoms in total. The molecular formula is C20H19N3O7. The van der Waals surface area contributed by atoms with Crippen molar-refractivity contribution in [2.24, 2.45) is 5.10 Å². The average molecular weight is 413 g/mol. The van der Waals surface area contributed by atoms with Crippen LogP contribution in [0.15, 0.2) is 47.6 Å². The van der Waals surface area contributed by atoms with Crippen molar-refractivity contribution in [2.45, 2.75) is 27.0 Å². The molecule has 0 radical (unpaired) electrons. The summed E-state index contributed by atoms with van der Waals surface area (Å²) in [5, 5.41) is 16.6. The van der Waals surface area contributed by atoms with Crippen LogP contribution >= 0.6 is 0 Å². The van der Waals surface area contributed by atoms with E-state index in [1.54, 1.807) is 25.1 Å². The molecule has 1 heterocycles. The Balaban J connectivity index is 1.99. The second kappa shape index (κ2) is 8.60. The molecule has 1 unspecified atom stereocenters. The first-order valence-corrected chi connectivity index (χ1v) is 9.05. The third-order valence-electron chi connectivity index (χ3n) is 4.11. The van der Waals surface area contributed by atoms with Gasteiger partial charge in [0.1, 0.15) is 0 Å². The molecule has 0 aliphatic carbocycles. The normalized spacial score (nSPS) is 15.2. The summed E-state index contributed by atoms with van der Waals surface area (Å²) in [4.78, 5) is 34.3. The van der Waals surface area contributed by atoms with Crippen LogP contribution in [0, 0.1) is 10.1 Å². The number of para-hydroxylation sites is 1. The summed E-state index contributed by atoms with van der Waals surface area (Å²) in [7, 11) is 0. The Morgan fingerprint density at radius 1 is 1.20 bits per heavy atom. The zero-order valence-electron chi connectivity index (χ0n) is 16.5. The van der Waals surface area contributed by atoms with E-state index in [9.17, 15) is 19.7 Å². The molecule has 0 N–H and O–H groups in total. The van der Waals surface area contributed by atoms with Crippen molar-refractivity contribution in [1.82, 2.24) is 5.01 Å². The lowest BCUT2D eigenvalue weighted by molar-refractivity contribution is -0.386. The molecule has 0 bridgehead atoms. The van der Waals surface area contributed by atoms with Crippen LogP contribution in [0.1, 0.15) is 38.1 Å². The van der Waals surface area contributed by atoms with Gasteiger partial charge in [-0.25, -0.2) is 0 Å². The third-order valence-corrected chi connectivity index (χ3v) is 4.11. The fourth-order valence-electron chi connectivity index (χ4n) is 2.90. The van der Waals surface area contributed by atoms with Crippen molar-refractivity contribution in [2.75, 3.05) is 6.61 Å². The van der Waals surface area contributed by atoms with E-state index in [2.05, 4.69) is 5.10 Å². The van der Waals surface area contributed by atoms with Crippen LogP contribution in [0.5, 0.6) is 11.5 Å². The topological polar surface area (TPSA) is 121 Å². The van der Waals surface area contributed by atoms with E-state index in [1.807, 2.05) is 0 Å². The highest BCUT2D eigenvalue weighted by Crippen LogP contribution is 2.36. The molecule has 0 saturated heterocycles. The number of esters is 1. The highest BCUT2D eigenvalue weighted by Gasteiger charge is 2.37. The van der Waals surface area contributed by atoms with E-state index in [1.165, 1.54) is 38.1 Å². The predicted octanol–water partition coefficient (Wildman–Crippen LogP) is 3.16. The maximum Gasteiger partial charge on any atom is 0.308 e. The SMILES string of the molecule is CCOc1cc(C2=NN(C(C)=O)C(c3ccccc3[N+](=O)[O-])O2)ccc1OC(C)=O. The van der Waals surface area contributed by atoms with E-state index >= 15 is 0 Å². The van der Waals surface area contributed by atoms with Crippen LogP contribution in [0.4, 0.5) is 5.69 Å². The molecular weight excluding hydrogens is 394 g/mol. The zero-order chi connectivity index (χ0) is 21.8. The molecule has 3 rings (SSSR count). The number of hydrogen-bond donors (Lipinski definition) is 0. The number of benzene rings is 2. The van der Waals surface area contributed by atoms with Gasteiger partial charge in [0.2, 0.25) is 18.0 Å². The van der Waals surface area contributed by atoms with Crippen LogP contribution in [0.2, 0.25) is 0 Å². The van der Waals surface area contributed by atoms with Gasteiger partial charge < -0.3 is 14.2 Å². The summed E-state index contributed by atoms with van der Waals surface area (Å²) in [6.07, 6.45) is -1.09. The van der Waals surface area contributed by atoms with Crippen molar-refractivity contribution in [3.8, 4) is 11.5 Å². The second-order valence-electron chi connectivity index (χ2n) is 6.24. The minimum atomic E-state index is -1.09. The molecule has 1 amide bonds. The van der Waals surface area contributed by atoms with E-state index in [-0.39, 0.29) is 22.9 Å². The molecule has 10 heteroatoms. The smallest absolute Gasteiger partial charge is 0.308 e. The van der Waals surface area contributed by atoms with Crippen LogP contribution in [-0.2, 0) is 14.3 Å². The number of carbonyl (C=O) groups is 2. The Morgan fingerprint density at radius 2 is 1.93 bits per heavy atom. The van der Waals surface area contributed by atoms with Gasteiger partial charge in [0.25, 0.3) is 5.69 Å². The van der Waals surface area contributed by atoms with Crippen molar-refractivity contribution in [1.29, 1.82) is 0 Å². The zero-order valence-corrected chi connectivity index (χ0v) is 16.5. The summed E-state index contributed by atoms with van der Waals surface area (Å²) in [6.45, 7) is 4.65. The summed E-state index contributed by atoms with van der Waals surface area (Å²) < 4.78 is 16.5. The number of nitrogens with zero attached hydrogens (tertiary/aromatic N) is 3. The lowest BCUT2D eigenvalue weighted by Crippen LogP contribution is -2.25. The molecule has 1 aliphatic heterocycles. The number of amides is 1. The van der Waals surface area contributed by atoms with Gasteiger partial charge in [-0.2, -0.15) is 5.01 Å². The molecule has 0 fully saturated rings. The summed E-state index contributed by atoms with van der Waals surface area (Å²) in [6, 6.07) is 10.6. The molecule has 1 atom stereocenters. The largest absolute Gasteiger partial charge is 0.490 e. The number of rotatable bonds is 6. The first-order chi connectivity index (χ1) is 14.3. The molecule has 156 valence electrons. The molecule has 0 spiro atoms. The van der Waals surface area contributed by atoms with Gasteiger partial charge in [0, 0.05) is 25.5 Å². The Kier molecular flexibility index (Phi) is 5.95. The van der Waals surface area contributed by atoms with E-state index < -0.39 is 23.0 Å². The fourth-order valence-corrected chi connectivity index (χ4v) is 2.90. The Bertz CT molecular complexity index is 1030. The number of nitro groups is 1. The van der Waals surface area contributed by atoms with E-state index in [0.29, 0.717) is 17.9 Å². The lowest BCUT2D eigenvalue weighted by Gasteiger charge is -2.19. The maximum atomic E-state index is 12.1. The highest BCUT2D eigenvalue weighted by atomic mass is 16.6. The molecule has 30 heavy (non-hydrogen) atoms. The quantitative estimate of drug-likeness (QED) is 0.309. The average Bonchev–Trinajstić information content (AvgIpc) is 3.15. The van der Waals surface area contributed by atoms with Crippen LogP contribution < -0.4 is 9.47 Å². The fraction of sp³-hybridized carbons (Fsp3) is 0.250. The van der Waals surface area contributed by atoms with Gasteiger partial charge in [-0.15, -0.1) is 5.10 Å². The van der Waals surface area contributed by atoms with Gasteiger partial charge >= 0.3 is 5.97 Å². The van der Waals surface area contributed by atoms with Gasteiger partial charge in [-0.1, -0.05) is 12.1 Å². The third kappa shape index (κ3) is 4.22. The van der Waals surface area contributed by atoms with Gasteiger partial charge in [-0.05, 0) is 31.2 Å². The first-order valence-electron chi connectivity index (χ1n) is 9.05. The molecule has 1 aliphatic rings. The van der Waals surface area contributed by atoms with Gasteiger partial charge in [0.15, 0.2) is 11.5 Å². The monoisotopic (exact) mass is 413 g/mol.